The highest BCUT2D eigenvalue weighted by molar-refractivity contribution is 5.93. The number of rotatable bonds is 21. The van der Waals surface area contributed by atoms with Gasteiger partial charge < -0.3 is 24.8 Å². The molecule has 0 fully saturated rings. The first kappa shape index (κ1) is 29.9. The van der Waals surface area contributed by atoms with Crippen LogP contribution in [0.4, 0.5) is 10.5 Å². The summed E-state index contributed by atoms with van der Waals surface area (Å²) >= 11 is 0. The van der Waals surface area contributed by atoms with Gasteiger partial charge in [-0.1, -0.05) is 103 Å². The molecule has 1 aromatic carbocycles. The molecule has 2 N–H and O–H groups in total. The molecular weight excluding hydrogens is 428 g/mol. The van der Waals surface area contributed by atoms with Gasteiger partial charge in [0.25, 0.3) is 0 Å². The summed E-state index contributed by atoms with van der Waals surface area (Å²) in [6, 6.07) is 3.17. The van der Waals surface area contributed by atoms with Gasteiger partial charge in [-0.25, -0.2) is 4.79 Å². The van der Waals surface area contributed by atoms with Gasteiger partial charge in [-0.15, -0.1) is 0 Å². The van der Waals surface area contributed by atoms with Crippen molar-refractivity contribution in [3.05, 3.63) is 12.1 Å². The van der Waals surface area contributed by atoms with Crippen molar-refractivity contribution in [2.45, 2.75) is 110 Å². The minimum atomic E-state index is -0.261. The van der Waals surface area contributed by atoms with Gasteiger partial charge in [0.15, 0.2) is 0 Å². The van der Waals surface area contributed by atoms with E-state index in [1.165, 1.54) is 89.9 Å². The van der Waals surface area contributed by atoms with Gasteiger partial charge in [0, 0.05) is 18.7 Å². The maximum absolute atomic E-state index is 12.3. The lowest BCUT2D eigenvalue weighted by Crippen LogP contribution is -2.29. The number of methoxy groups -OCH3 is 3. The predicted molar refractivity (Wildman–Crippen MR) is 143 cm³/mol. The van der Waals surface area contributed by atoms with Crippen molar-refractivity contribution in [3.63, 3.8) is 0 Å². The predicted octanol–water partition coefficient (Wildman–Crippen LogP) is 8.10. The van der Waals surface area contributed by atoms with Crippen LogP contribution >= 0.6 is 0 Å². The number of hydrogen-bond donors (Lipinski definition) is 2. The lowest BCUT2D eigenvalue weighted by Gasteiger charge is -2.16. The Morgan fingerprint density at radius 3 is 1.44 bits per heavy atom. The number of unbranched alkanes of at least 4 members (excludes halogenated alkanes) is 15. The molecular formula is C28H50N2O4. The standard InChI is InChI=1S/C28H50N2O4/c1-5-6-7-8-9-10-11-12-13-14-15-16-17-18-19-20-21-29-28(31)30-27-25(33-3)22-24(32-2)23-26(27)34-4/h22-23H,5-21H2,1-4H3,(H2,29,30,31). The van der Waals surface area contributed by atoms with Crippen molar-refractivity contribution < 1.29 is 19.0 Å². The van der Waals surface area contributed by atoms with E-state index in [1.807, 2.05) is 0 Å². The van der Waals surface area contributed by atoms with E-state index in [4.69, 9.17) is 14.2 Å². The topological polar surface area (TPSA) is 68.8 Å². The summed E-state index contributed by atoms with van der Waals surface area (Å²) in [7, 11) is 4.67. The zero-order valence-corrected chi connectivity index (χ0v) is 22.3. The van der Waals surface area contributed by atoms with E-state index in [-0.39, 0.29) is 6.03 Å². The van der Waals surface area contributed by atoms with Crippen LogP contribution < -0.4 is 24.8 Å². The van der Waals surface area contributed by atoms with Gasteiger partial charge in [0.05, 0.1) is 21.3 Å². The fourth-order valence-corrected chi connectivity index (χ4v) is 4.16. The highest BCUT2D eigenvalue weighted by atomic mass is 16.5. The average Bonchev–Trinajstić information content (AvgIpc) is 2.85. The third-order valence-electron chi connectivity index (χ3n) is 6.27. The number of carbonyl (C=O) groups excluding carboxylic acids is 1. The molecule has 0 spiro atoms. The van der Waals surface area contributed by atoms with E-state index in [0.717, 1.165) is 12.8 Å². The van der Waals surface area contributed by atoms with Gasteiger partial charge >= 0.3 is 6.03 Å². The molecule has 1 aromatic rings. The fourth-order valence-electron chi connectivity index (χ4n) is 4.16. The van der Waals surface area contributed by atoms with Gasteiger partial charge in [0.2, 0.25) is 0 Å². The van der Waals surface area contributed by atoms with Crippen LogP contribution in [0.15, 0.2) is 12.1 Å². The molecule has 0 radical (unpaired) electrons. The largest absolute Gasteiger partial charge is 0.496 e. The molecule has 0 aliphatic rings. The third kappa shape index (κ3) is 13.6. The molecule has 6 nitrogen and oxygen atoms in total. The normalized spacial score (nSPS) is 10.7. The zero-order chi connectivity index (χ0) is 24.9. The molecule has 0 aromatic heterocycles. The van der Waals surface area contributed by atoms with E-state index in [0.29, 0.717) is 29.5 Å². The van der Waals surface area contributed by atoms with Crippen LogP contribution in [0.25, 0.3) is 0 Å². The SMILES string of the molecule is CCCCCCCCCCCCCCCCCCNC(=O)Nc1c(OC)cc(OC)cc1OC. The highest BCUT2D eigenvalue weighted by Crippen LogP contribution is 2.38. The number of urea groups is 1. The summed E-state index contributed by atoms with van der Waals surface area (Å²) in [5, 5.41) is 5.75. The van der Waals surface area contributed by atoms with Crippen molar-refractivity contribution in [3.8, 4) is 17.2 Å². The number of amides is 2. The molecule has 0 saturated heterocycles. The fraction of sp³-hybridized carbons (Fsp3) is 0.750. The summed E-state index contributed by atoms with van der Waals surface area (Å²) in [6.07, 6.45) is 21.4. The Hall–Kier alpha value is -2.11. The maximum Gasteiger partial charge on any atom is 0.319 e. The molecule has 196 valence electrons. The van der Waals surface area contributed by atoms with Crippen molar-refractivity contribution >= 4 is 11.7 Å². The molecule has 0 saturated carbocycles. The van der Waals surface area contributed by atoms with Crippen molar-refractivity contribution in [2.75, 3.05) is 33.2 Å². The Kier molecular flexibility index (Phi) is 17.8. The molecule has 0 aliphatic heterocycles. The van der Waals surface area contributed by atoms with Gasteiger partial charge in [-0.2, -0.15) is 0 Å². The second-order valence-corrected chi connectivity index (χ2v) is 9.09. The Bertz CT molecular complexity index is 626. The molecule has 0 heterocycles. The van der Waals surface area contributed by atoms with Crippen LogP contribution in [0.3, 0.4) is 0 Å². The minimum Gasteiger partial charge on any atom is -0.496 e. The maximum atomic E-state index is 12.3. The first-order valence-electron chi connectivity index (χ1n) is 13.5. The summed E-state index contributed by atoms with van der Waals surface area (Å²) < 4.78 is 16.0. The van der Waals surface area contributed by atoms with Crippen LogP contribution in [-0.4, -0.2) is 33.9 Å². The van der Waals surface area contributed by atoms with E-state index < -0.39 is 0 Å². The second-order valence-electron chi connectivity index (χ2n) is 9.09. The van der Waals surface area contributed by atoms with E-state index in [9.17, 15) is 4.79 Å². The number of ether oxygens (including phenoxy) is 3. The molecule has 0 unspecified atom stereocenters. The molecule has 1 rings (SSSR count). The summed E-state index contributed by atoms with van der Waals surface area (Å²) in [4.78, 5) is 12.3. The number of anilines is 1. The van der Waals surface area contributed by atoms with Crippen molar-refractivity contribution in [1.29, 1.82) is 0 Å². The average molecular weight is 479 g/mol. The van der Waals surface area contributed by atoms with Crippen LogP contribution in [0.5, 0.6) is 17.2 Å². The molecule has 0 atom stereocenters. The lowest BCUT2D eigenvalue weighted by atomic mass is 10.0. The number of benzene rings is 1. The molecule has 2 amide bonds. The van der Waals surface area contributed by atoms with E-state index >= 15 is 0 Å². The van der Waals surface area contributed by atoms with E-state index in [2.05, 4.69) is 17.6 Å². The monoisotopic (exact) mass is 478 g/mol. The van der Waals surface area contributed by atoms with Crippen LogP contribution in [-0.2, 0) is 0 Å². The quantitative estimate of drug-likeness (QED) is 0.175. The number of hydrogen-bond acceptors (Lipinski definition) is 4. The Morgan fingerprint density at radius 1 is 0.647 bits per heavy atom. The Balaban J connectivity index is 2.02. The first-order valence-corrected chi connectivity index (χ1v) is 13.5. The third-order valence-corrected chi connectivity index (χ3v) is 6.27. The summed E-state index contributed by atoms with van der Waals surface area (Å²) in [6.45, 7) is 2.94. The van der Waals surface area contributed by atoms with Crippen molar-refractivity contribution in [1.82, 2.24) is 5.32 Å². The Labute approximate surface area is 208 Å². The lowest BCUT2D eigenvalue weighted by molar-refractivity contribution is 0.251. The molecule has 34 heavy (non-hydrogen) atoms. The van der Waals surface area contributed by atoms with Crippen molar-refractivity contribution in [2.24, 2.45) is 0 Å². The van der Waals surface area contributed by atoms with E-state index in [1.54, 1.807) is 33.5 Å². The highest BCUT2D eigenvalue weighted by Gasteiger charge is 2.15. The number of carbonyl (C=O) groups is 1. The Morgan fingerprint density at radius 2 is 1.06 bits per heavy atom. The van der Waals surface area contributed by atoms with Crippen LogP contribution in [0.1, 0.15) is 110 Å². The second kappa shape index (κ2) is 20.3. The van der Waals surface area contributed by atoms with Gasteiger partial charge in [-0.3, -0.25) is 0 Å². The molecule has 6 heteroatoms. The van der Waals surface area contributed by atoms with Gasteiger partial charge in [-0.05, 0) is 6.42 Å². The number of nitrogens with one attached hydrogen (secondary N) is 2. The molecule has 0 bridgehead atoms. The van der Waals surface area contributed by atoms with Gasteiger partial charge in [0.1, 0.15) is 22.9 Å². The first-order chi connectivity index (χ1) is 16.7. The minimum absolute atomic E-state index is 0.261. The zero-order valence-electron chi connectivity index (χ0n) is 22.3. The summed E-state index contributed by atoms with van der Waals surface area (Å²) in [5.41, 5.74) is 0.496. The molecule has 0 aliphatic carbocycles. The smallest absolute Gasteiger partial charge is 0.319 e. The van der Waals surface area contributed by atoms with Crippen LogP contribution in [0, 0.1) is 0 Å². The summed E-state index contributed by atoms with van der Waals surface area (Å²) in [5.74, 6) is 1.59. The van der Waals surface area contributed by atoms with Crippen LogP contribution in [0.2, 0.25) is 0 Å².